The summed E-state index contributed by atoms with van der Waals surface area (Å²) in [7, 11) is 0. The smallest absolute Gasteiger partial charge is 0.241 e. The fourth-order valence-electron chi connectivity index (χ4n) is 3.77. The Morgan fingerprint density at radius 2 is 1.70 bits per heavy atom. The molecule has 116 valence electrons. The van der Waals surface area contributed by atoms with Crippen molar-refractivity contribution < 1.29 is 4.79 Å². The van der Waals surface area contributed by atoms with Gasteiger partial charge >= 0.3 is 0 Å². The molecule has 0 bridgehead atoms. The van der Waals surface area contributed by atoms with E-state index in [4.69, 9.17) is 0 Å². The number of amides is 1. The quantitative estimate of drug-likeness (QED) is 0.799. The van der Waals surface area contributed by atoms with Crippen LogP contribution in [-0.4, -0.2) is 29.1 Å². The zero-order chi connectivity index (χ0) is 14.7. The average Bonchev–Trinajstić information content (AvgIpc) is 2.56. The Morgan fingerprint density at radius 3 is 2.20 bits per heavy atom. The van der Waals surface area contributed by atoms with E-state index < -0.39 is 0 Å². The van der Waals surface area contributed by atoms with Crippen LogP contribution in [0.1, 0.15) is 72.6 Å². The van der Waals surface area contributed by atoms with Gasteiger partial charge in [-0.15, -0.1) is 0 Å². The zero-order valence-electron chi connectivity index (χ0n) is 13.7. The van der Waals surface area contributed by atoms with Crippen molar-refractivity contribution in [3.63, 3.8) is 0 Å². The lowest BCUT2D eigenvalue weighted by Crippen LogP contribution is -2.47. The molecule has 1 amide bonds. The van der Waals surface area contributed by atoms with Crippen LogP contribution >= 0.6 is 0 Å². The normalized spacial score (nSPS) is 29.5. The predicted octanol–water partition coefficient (Wildman–Crippen LogP) is 3.54. The number of carbonyl (C=O) groups is 1. The van der Waals surface area contributed by atoms with Crippen LogP contribution in [-0.2, 0) is 4.79 Å². The lowest BCUT2D eigenvalue weighted by molar-refractivity contribution is -0.133. The van der Waals surface area contributed by atoms with Crippen molar-refractivity contribution in [3.05, 3.63) is 0 Å². The van der Waals surface area contributed by atoms with Crippen LogP contribution < -0.4 is 5.32 Å². The summed E-state index contributed by atoms with van der Waals surface area (Å²) in [6.45, 7) is 8.86. The van der Waals surface area contributed by atoms with Gasteiger partial charge in [-0.25, -0.2) is 0 Å². The molecule has 3 heteroatoms. The fraction of sp³-hybridized carbons (Fsp3) is 0.941. The van der Waals surface area contributed by atoms with Crippen LogP contribution in [0.5, 0.6) is 0 Å². The third kappa shape index (κ3) is 3.55. The Labute approximate surface area is 124 Å². The Kier molecular flexibility index (Phi) is 5.48. The minimum atomic E-state index is 0.0469. The number of hydrogen-bond donors (Lipinski definition) is 1. The Bertz CT molecular complexity index is 319. The highest BCUT2D eigenvalue weighted by Gasteiger charge is 2.43. The Hall–Kier alpha value is -0.570. The van der Waals surface area contributed by atoms with E-state index in [1.54, 1.807) is 0 Å². The fourth-order valence-corrected chi connectivity index (χ4v) is 3.77. The molecule has 2 atom stereocenters. The molecule has 1 saturated carbocycles. The monoisotopic (exact) mass is 280 g/mol. The van der Waals surface area contributed by atoms with E-state index in [1.807, 2.05) is 0 Å². The van der Waals surface area contributed by atoms with Crippen molar-refractivity contribution in [3.8, 4) is 0 Å². The van der Waals surface area contributed by atoms with Gasteiger partial charge in [0.25, 0.3) is 0 Å². The van der Waals surface area contributed by atoms with Gasteiger partial charge in [-0.3, -0.25) is 10.1 Å². The summed E-state index contributed by atoms with van der Waals surface area (Å²) in [5.74, 6) is 1.42. The molecule has 2 fully saturated rings. The molecule has 0 aromatic heterocycles. The molecule has 1 aliphatic carbocycles. The molecule has 2 rings (SSSR count). The van der Waals surface area contributed by atoms with Crippen molar-refractivity contribution in [1.82, 2.24) is 10.2 Å². The van der Waals surface area contributed by atoms with E-state index in [9.17, 15) is 4.79 Å². The molecular weight excluding hydrogens is 248 g/mol. The number of hydrogen-bond acceptors (Lipinski definition) is 2. The van der Waals surface area contributed by atoms with Crippen molar-refractivity contribution in [2.24, 2.45) is 11.8 Å². The maximum Gasteiger partial charge on any atom is 0.241 e. The molecular formula is C17H32N2O. The molecule has 0 radical (unpaired) electrons. The molecule has 0 spiro atoms. The Morgan fingerprint density at radius 1 is 1.10 bits per heavy atom. The second kappa shape index (κ2) is 6.93. The van der Waals surface area contributed by atoms with E-state index in [-0.39, 0.29) is 12.2 Å². The van der Waals surface area contributed by atoms with E-state index in [2.05, 4.69) is 37.9 Å². The first-order valence-corrected chi connectivity index (χ1v) is 8.59. The SMILES string of the molecule is CC(C)CC1NC(C(C)C)N(C2CCCCCC2)C1=O. The van der Waals surface area contributed by atoms with Gasteiger partial charge in [0.1, 0.15) is 0 Å². The number of rotatable bonds is 4. The van der Waals surface area contributed by atoms with E-state index >= 15 is 0 Å². The molecule has 0 aromatic rings. The van der Waals surface area contributed by atoms with Gasteiger partial charge in [0.15, 0.2) is 0 Å². The lowest BCUT2D eigenvalue weighted by atomic mass is 10.0. The van der Waals surface area contributed by atoms with Crippen molar-refractivity contribution >= 4 is 5.91 Å². The second-order valence-corrected chi connectivity index (χ2v) is 7.43. The van der Waals surface area contributed by atoms with E-state index in [1.165, 1.54) is 38.5 Å². The summed E-state index contributed by atoms with van der Waals surface area (Å²) in [5.41, 5.74) is 0. The third-order valence-electron chi connectivity index (χ3n) is 4.78. The van der Waals surface area contributed by atoms with Crippen LogP contribution in [0.15, 0.2) is 0 Å². The molecule has 1 aliphatic heterocycles. The zero-order valence-corrected chi connectivity index (χ0v) is 13.7. The summed E-state index contributed by atoms with van der Waals surface area (Å²) < 4.78 is 0. The summed E-state index contributed by atoms with van der Waals surface area (Å²) >= 11 is 0. The van der Waals surface area contributed by atoms with Crippen molar-refractivity contribution in [2.75, 3.05) is 0 Å². The molecule has 1 saturated heterocycles. The van der Waals surface area contributed by atoms with Gasteiger partial charge in [-0.2, -0.15) is 0 Å². The van der Waals surface area contributed by atoms with Crippen LogP contribution in [0.4, 0.5) is 0 Å². The van der Waals surface area contributed by atoms with Crippen LogP contribution in [0.2, 0.25) is 0 Å². The molecule has 1 N–H and O–H groups in total. The van der Waals surface area contributed by atoms with Gasteiger partial charge in [0, 0.05) is 6.04 Å². The number of nitrogens with zero attached hydrogens (tertiary/aromatic N) is 1. The summed E-state index contributed by atoms with van der Waals surface area (Å²) in [4.78, 5) is 15.1. The van der Waals surface area contributed by atoms with Crippen molar-refractivity contribution in [1.29, 1.82) is 0 Å². The minimum Gasteiger partial charge on any atom is -0.323 e. The maximum atomic E-state index is 12.8. The van der Waals surface area contributed by atoms with Gasteiger partial charge < -0.3 is 4.90 Å². The van der Waals surface area contributed by atoms with Gasteiger partial charge in [0.2, 0.25) is 5.91 Å². The second-order valence-electron chi connectivity index (χ2n) is 7.43. The van der Waals surface area contributed by atoms with Crippen molar-refractivity contribution in [2.45, 2.75) is 90.9 Å². The van der Waals surface area contributed by atoms with Gasteiger partial charge in [-0.1, -0.05) is 53.4 Å². The third-order valence-corrected chi connectivity index (χ3v) is 4.78. The van der Waals surface area contributed by atoms with Crippen LogP contribution in [0.25, 0.3) is 0 Å². The first-order chi connectivity index (χ1) is 9.50. The molecule has 20 heavy (non-hydrogen) atoms. The van der Waals surface area contributed by atoms with Crippen LogP contribution in [0, 0.1) is 11.8 Å². The van der Waals surface area contributed by atoms with E-state index in [0.717, 1.165) is 6.42 Å². The number of nitrogens with one attached hydrogen (secondary N) is 1. The van der Waals surface area contributed by atoms with E-state index in [0.29, 0.717) is 23.8 Å². The lowest BCUT2D eigenvalue weighted by Gasteiger charge is -2.34. The highest BCUT2D eigenvalue weighted by atomic mass is 16.2. The topological polar surface area (TPSA) is 32.3 Å². The molecule has 2 unspecified atom stereocenters. The van der Waals surface area contributed by atoms with Gasteiger partial charge in [-0.05, 0) is 31.1 Å². The summed E-state index contributed by atoms with van der Waals surface area (Å²) in [6.07, 6.45) is 8.86. The molecule has 2 aliphatic rings. The molecule has 3 nitrogen and oxygen atoms in total. The predicted molar refractivity (Wildman–Crippen MR) is 83.3 cm³/mol. The van der Waals surface area contributed by atoms with Gasteiger partial charge in [0.05, 0.1) is 12.2 Å². The largest absolute Gasteiger partial charge is 0.323 e. The minimum absolute atomic E-state index is 0.0469. The van der Waals surface area contributed by atoms with Crippen LogP contribution in [0.3, 0.4) is 0 Å². The molecule has 1 heterocycles. The standard InChI is InChI=1S/C17H32N2O/c1-12(2)11-15-17(20)19(16(18-15)13(3)4)14-9-7-5-6-8-10-14/h12-16,18H,5-11H2,1-4H3. The maximum absolute atomic E-state index is 12.8. The number of carbonyl (C=O) groups excluding carboxylic acids is 1. The first-order valence-electron chi connectivity index (χ1n) is 8.59. The highest BCUT2D eigenvalue weighted by Crippen LogP contribution is 2.30. The highest BCUT2D eigenvalue weighted by molar-refractivity contribution is 5.84. The first kappa shape index (κ1) is 15.8. The molecule has 0 aromatic carbocycles. The average molecular weight is 280 g/mol. The Balaban J connectivity index is 2.11. The summed E-state index contributed by atoms with van der Waals surface area (Å²) in [5, 5.41) is 3.62. The summed E-state index contributed by atoms with van der Waals surface area (Å²) in [6, 6.07) is 0.521.